The van der Waals surface area contributed by atoms with Gasteiger partial charge in [0.15, 0.2) is 0 Å². The van der Waals surface area contributed by atoms with Crippen LogP contribution < -0.4 is 11.3 Å². The predicted octanol–water partition coefficient (Wildman–Crippen LogP) is -0.374. The maximum absolute atomic E-state index is 9.16. The predicted molar refractivity (Wildman–Crippen MR) is 61.8 cm³/mol. The molecule has 6 heteroatoms. The Balaban J connectivity index is 3.03. The fourth-order valence-electron chi connectivity index (χ4n) is 1.49. The van der Waals surface area contributed by atoms with E-state index in [1.165, 1.54) is 5.12 Å². The smallest absolute Gasteiger partial charge is 0.134 e. The summed E-state index contributed by atoms with van der Waals surface area (Å²) in [6, 6.07) is 2.23. The first kappa shape index (κ1) is 12.2. The van der Waals surface area contributed by atoms with Gasteiger partial charge in [-0.1, -0.05) is 0 Å². The Morgan fingerprint density at radius 3 is 2.31 bits per heavy atom. The van der Waals surface area contributed by atoms with E-state index in [0.29, 0.717) is 0 Å². The molecular formula is C10H18N6. The van der Waals surface area contributed by atoms with Gasteiger partial charge in [0, 0.05) is 40.6 Å². The number of hydrogen-bond acceptors (Lipinski definition) is 6. The van der Waals surface area contributed by atoms with E-state index in [2.05, 4.69) is 11.5 Å². The normalized spacial score (nSPS) is 24.5. The van der Waals surface area contributed by atoms with Crippen molar-refractivity contribution in [1.29, 1.82) is 5.26 Å². The summed E-state index contributed by atoms with van der Waals surface area (Å²) in [5, 5.41) is 10.5. The van der Waals surface area contributed by atoms with Crippen LogP contribution in [-0.4, -0.2) is 43.1 Å². The highest BCUT2D eigenvalue weighted by molar-refractivity contribution is 5.30. The van der Waals surface area contributed by atoms with Crippen molar-refractivity contribution >= 4 is 0 Å². The van der Waals surface area contributed by atoms with Gasteiger partial charge in [-0.15, -0.1) is 0 Å². The van der Waals surface area contributed by atoms with E-state index >= 15 is 0 Å². The molecular weight excluding hydrogens is 204 g/mol. The van der Waals surface area contributed by atoms with Crippen LogP contribution in [0.4, 0.5) is 0 Å². The van der Waals surface area contributed by atoms with Crippen LogP contribution in [0.3, 0.4) is 0 Å². The molecule has 1 saturated heterocycles. The molecule has 16 heavy (non-hydrogen) atoms. The maximum atomic E-state index is 9.16. The molecule has 0 aliphatic carbocycles. The molecule has 0 aromatic carbocycles. The van der Waals surface area contributed by atoms with Crippen LogP contribution in [-0.2, 0) is 0 Å². The van der Waals surface area contributed by atoms with E-state index in [1.807, 2.05) is 50.4 Å². The van der Waals surface area contributed by atoms with Crippen molar-refractivity contribution in [2.75, 3.05) is 28.2 Å². The average Bonchev–Trinajstić information content (AvgIpc) is 2.41. The van der Waals surface area contributed by atoms with Crippen molar-refractivity contribution in [2.45, 2.75) is 0 Å². The highest BCUT2D eigenvalue weighted by Crippen LogP contribution is 2.26. The number of nitrogens with zero attached hydrogens (tertiary/aromatic N) is 4. The van der Waals surface area contributed by atoms with Gasteiger partial charge in [0.1, 0.15) is 5.92 Å². The number of nitrogens with one attached hydrogen (secondary N) is 1. The summed E-state index contributed by atoms with van der Waals surface area (Å²) in [5.74, 6) is 5.42. The minimum atomic E-state index is -0.352. The zero-order valence-corrected chi connectivity index (χ0v) is 10.1. The molecule has 1 unspecified atom stereocenters. The minimum Gasteiger partial charge on any atom is -0.382 e. The van der Waals surface area contributed by atoms with Crippen molar-refractivity contribution < 1.29 is 0 Å². The zero-order valence-electron chi connectivity index (χ0n) is 10.1. The van der Waals surface area contributed by atoms with Crippen molar-refractivity contribution in [2.24, 2.45) is 11.8 Å². The largest absolute Gasteiger partial charge is 0.382 e. The molecule has 0 bridgehead atoms. The molecule has 88 valence electrons. The van der Waals surface area contributed by atoms with Gasteiger partial charge in [0.05, 0.1) is 17.5 Å². The molecule has 1 atom stereocenters. The van der Waals surface area contributed by atoms with Crippen molar-refractivity contribution in [3.63, 3.8) is 0 Å². The minimum absolute atomic E-state index is 0.352. The summed E-state index contributed by atoms with van der Waals surface area (Å²) in [5.41, 5.74) is 4.47. The molecule has 0 radical (unpaired) electrons. The van der Waals surface area contributed by atoms with Gasteiger partial charge in [-0.05, 0) is 0 Å². The van der Waals surface area contributed by atoms with E-state index < -0.39 is 0 Å². The molecule has 0 saturated carbocycles. The summed E-state index contributed by atoms with van der Waals surface area (Å²) < 4.78 is 0. The molecule has 1 aliphatic rings. The quantitative estimate of drug-likeness (QED) is 0.621. The van der Waals surface area contributed by atoms with Crippen LogP contribution in [0.25, 0.3) is 0 Å². The maximum Gasteiger partial charge on any atom is 0.134 e. The number of nitrogens with two attached hydrogens (primary N) is 1. The summed E-state index contributed by atoms with van der Waals surface area (Å²) in [7, 11) is 7.58. The Morgan fingerprint density at radius 2 is 1.88 bits per heavy atom. The number of hydrazine groups is 2. The lowest BCUT2D eigenvalue weighted by Crippen LogP contribution is -2.36. The lowest BCUT2D eigenvalue weighted by atomic mass is 10.1. The monoisotopic (exact) mass is 222 g/mol. The van der Waals surface area contributed by atoms with E-state index in [1.54, 1.807) is 0 Å². The summed E-state index contributed by atoms with van der Waals surface area (Å²) in [6.07, 6.45) is 3.68. The average molecular weight is 222 g/mol. The SMILES string of the molecule is CN(C)C=C1NN(N)C(=CN(C)C)C1C#N. The second kappa shape index (κ2) is 4.77. The van der Waals surface area contributed by atoms with Gasteiger partial charge in [-0.2, -0.15) is 5.26 Å². The second-order valence-corrected chi connectivity index (χ2v) is 4.11. The fourth-order valence-corrected chi connectivity index (χ4v) is 1.49. The van der Waals surface area contributed by atoms with Crippen LogP contribution in [0.2, 0.25) is 0 Å². The Morgan fingerprint density at radius 1 is 1.31 bits per heavy atom. The molecule has 1 aliphatic heterocycles. The van der Waals surface area contributed by atoms with Crippen molar-refractivity contribution in [1.82, 2.24) is 20.3 Å². The third kappa shape index (κ3) is 2.58. The molecule has 1 rings (SSSR count). The van der Waals surface area contributed by atoms with Crippen LogP contribution >= 0.6 is 0 Å². The first-order valence-corrected chi connectivity index (χ1v) is 4.93. The topological polar surface area (TPSA) is 71.6 Å². The third-order valence-corrected chi connectivity index (χ3v) is 2.05. The summed E-state index contributed by atoms with van der Waals surface area (Å²) in [4.78, 5) is 3.74. The van der Waals surface area contributed by atoms with Gasteiger partial charge in [0.25, 0.3) is 0 Å². The lowest BCUT2D eigenvalue weighted by molar-refractivity contribution is 0.313. The highest BCUT2D eigenvalue weighted by Gasteiger charge is 2.31. The zero-order chi connectivity index (χ0) is 12.3. The number of nitriles is 1. The van der Waals surface area contributed by atoms with Crippen LogP contribution in [0.15, 0.2) is 23.8 Å². The first-order chi connectivity index (χ1) is 7.45. The Hall–Kier alpha value is -1.87. The van der Waals surface area contributed by atoms with Gasteiger partial charge in [0.2, 0.25) is 0 Å². The Kier molecular flexibility index (Phi) is 3.64. The van der Waals surface area contributed by atoms with Crippen LogP contribution in [0.1, 0.15) is 0 Å². The third-order valence-electron chi connectivity index (χ3n) is 2.05. The van der Waals surface area contributed by atoms with Gasteiger partial charge in [-0.3, -0.25) is 5.43 Å². The van der Waals surface area contributed by atoms with E-state index in [0.717, 1.165) is 11.4 Å². The standard InChI is InChI=1S/C10H18N6/c1-14(2)6-9-8(5-11)10(7-15(3)4)16(12)13-9/h6-8,13H,12H2,1-4H3. The van der Waals surface area contributed by atoms with E-state index in [-0.39, 0.29) is 5.92 Å². The highest BCUT2D eigenvalue weighted by atomic mass is 15.7. The van der Waals surface area contributed by atoms with Gasteiger partial charge >= 0.3 is 0 Å². The fraction of sp³-hybridized carbons (Fsp3) is 0.500. The molecule has 1 fully saturated rings. The van der Waals surface area contributed by atoms with Crippen molar-refractivity contribution in [3.05, 3.63) is 23.8 Å². The summed E-state index contributed by atoms with van der Waals surface area (Å²) >= 11 is 0. The van der Waals surface area contributed by atoms with Gasteiger partial charge < -0.3 is 9.80 Å². The lowest BCUT2D eigenvalue weighted by Gasteiger charge is -2.15. The van der Waals surface area contributed by atoms with Crippen LogP contribution in [0.5, 0.6) is 0 Å². The molecule has 0 spiro atoms. The molecule has 3 N–H and O–H groups in total. The van der Waals surface area contributed by atoms with Crippen molar-refractivity contribution in [3.8, 4) is 6.07 Å². The molecule has 0 amide bonds. The molecule has 0 aromatic heterocycles. The first-order valence-electron chi connectivity index (χ1n) is 4.93. The van der Waals surface area contributed by atoms with E-state index in [9.17, 15) is 0 Å². The second-order valence-electron chi connectivity index (χ2n) is 4.11. The summed E-state index contributed by atoms with van der Waals surface area (Å²) in [6.45, 7) is 0. The number of hydrogen-bond donors (Lipinski definition) is 2. The Labute approximate surface area is 96.1 Å². The van der Waals surface area contributed by atoms with Gasteiger partial charge in [-0.25, -0.2) is 11.0 Å². The molecule has 1 heterocycles. The van der Waals surface area contributed by atoms with E-state index in [4.69, 9.17) is 11.1 Å². The molecule has 6 nitrogen and oxygen atoms in total. The molecule has 0 aromatic rings. The Bertz CT molecular complexity index is 349. The van der Waals surface area contributed by atoms with Crippen LogP contribution in [0, 0.1) is 17.2 Å². The number of rotatable bonds is 2.